The third-order valence-electron chi connectivity index (χ3n) is 6.06. The highest BCUT2D eigenvalue weighted by molar-refractivity contribution is 5.95. The van der Waals surface area contributed by atoms with E-state index < -0.39 is 5.54 Å². The zero-order valence-electron chi connectivity index (χ0n) is 19.3. The molecule has 0 radical (unpaired) electrons. The van der Waals surface area contributed by atoms with Crippen LogP contribution in [0.5, 0.6) is 0 Å². The van der Waals surface area contributed by atoms with Crippen LogP contribution in [0, 0.1) is 5.92 Å². The van der Waals surface area contributed by atoms with Gasteiger partial charge in [0.15, 0.2) is 0 Å². The van der Waals surface area contributed by atoms with E-state index in [0.717, 1.165) is 17.5 Å². The smallest absolute Gasteiger partial charge is 0.253 e. The van der Waals surface area contributed by atoms with Crippen molar-refractivity contribution in [3.05, 3.63) is 71.3 Å². The van der Waals surface area contributed by atoms with E-state index in [2.05, 4.69) is 30.5 Å². The van der Waals surface area contributed by atoms with Crippen LogP contribution in [0.3, 0.4) is 0 Å². The van der Waals surface area contributed by atoms with E-state index in [1.54, 1.807) is 0 Å². The summed E-state index contributed by atoms with van der Waals surface area (Å²) in [6.07, 6.45) is 2.07. The quantitative estimate of drug-likeness (QED) is 0.564. The lowest BCUT2D eigenvalue weighted by molar-refractivity contribution is -0.129. The summed E-state index contributed by atoms with van der Waals surface area (Å²) in [5, 5.41) is 6.45. The second-order valence-corrected chi connectivity index (χ2v) is 9.06. The summed E-state index contributed by atoms with van der Waals surface area (Å²) in [5.41, 5.74) is 7.97. The minimum absolute atomic E-state index is 0.0270. The lowest BCUT2D eigenvalue weighted by Crippen LogP contribution is -2.63. The van der Waals surface area contributed by atoms with Crippen molar-refractivity contribution in [3.8, 4) is 0 Å². The molecule has 0 aliphatic carbocycles. The Balaban J connectivity index is 1.64. The van der Waals surface area contributed by atoms with Gasteiger partial charge in [-0.1, -0.05) is 56.3 Å². The monoisotopic (exact) mass is 436 g/mol. The summed E-state index contributed by atoms with van der Waals surface area (Å²) in [4.78, 5) is 28.2. The van der Waals surface area contributed by atoms with E-state index in [1.165, 1.54) is 5.56 Å². The largest absolute Gasteiger partial charge is 0.350 e. The van der Waals surface area contributed by atoms with Crippen LogP contribution in [0.15, 0.2) is 54.6 Å². The van der Waals surface area contributed by atoms with Crippen molar-refractivity contribution >= 4 is 11.8 Å². The van der Waals surface area contributed by atoms with Gasteiger partial charge in [0.25, 0.3) is 5.91 Å². The molecular weight excluding hydrogens is 400 g/mol. The Morgan fingerprint density at radius 3 is 2.38 bits per heavy atom. The molecule has 3 rings (SSSR count). The van der Waals surface area contributed by atoms with Crippen molar-refractivity contribution in [1.82, 2.24) is 15.5 Å². The first-order valence-electron chi connectivity index (χ1n) is 11.6. The van der Waals surface area contributed by atoms with Crippen LogP contribution in [-0.2, 0) is 17.8 Å². The van der Waals surface area contributed by atoms with Crippen LogP contribution in [0.2, 0.25) is 0 Å². The van der Waals surface area contributed by atoms with Gasteiger partial charge < -0.3 is 21.3 Å². The van der Waals surface area contributed by atoms with Crippen LogP contribution in [-0.4, -0.2) is 48.4 Å². The Hall–Kier alpha value is -2.70. The van der Waals surface area contributed by atoms with Gasteiger partial charge in [0.05, 0.1) is 0 Å². The van der Waals surface area contributed by atoms with Crippen molar-refractivity contribution < 1.29 is 9.59 Å². The van der Waals surface area contributed by atoms with E-state index in [9.17, 15) is 9.59 Å². The summed E-state index contributed by atoms with van der Waals surface area (Å²) in [6, 6.07) is 17.8. The number of hydrogen-bond donors (Lipinski definition) is 3. The Labute approximate surface area is 191 Å². The summed E-state index contributed by atoms with van der Waals surface area (Å²) >= 11 is 0. The number of nitrogens with two attached hydrogens (primary N) is 1. The number of amides is 2. The lowest BCUT2D eigenvalue weighted by Gasteiger charge is -2.41. The molecule has 0 atom stereocenters. The molecule has 1 aliphatic rings. The number of rotatable bonds is 9. The van der Waals surface area contributed by atoms with Crippen LogP contribution >= 0.6 is 0 Å². The molecule has 1 saturated heterocycles. The number of carbonyl (C=O) groups is 2. The van der Waals surface area contributed by atoms with Crippen LogP contribution < -0.4 is 16.4 Å². The Morgan fingerprint density at radius 1 is 1.03 bits per heavy atom. The standard InChI is InChI=1S/C26H36N4O2/c1-20(2)17-22-9-6-10-23(18-22)24(31)30-15-11-26(12-16-30,29-14-13-27)25(32)28-19-21-7-4-3-5-8-21/h3-10,18,20,29H,11-17,19,27H2,1-2H3,(H,28,32). The minimum atomic E-state index is -0.704. The normalized spacial score (nSPS) is 15.6. The predicted octanol–water partition coefficient (Wildman–Crippen LogP) is 2.72. The molecule has 1 aliphatic heterocycles. The molecule has 1 heterocycles. The van der Waals surface area contributed by atoms with Crippen molar-refractivity contribution in [2.75, 3.05) is 26.2 Å². The maximum atomic E-state index is 13.2. The Morgan fingerprint density at radius 2 is 1.72 bits per heavy atom. The Bertz CT molecular complexity index is 890. The third-order valence-corrected chi connectivity index (χ3v) is 6.06. The summed E-state index contributed by atoms with van der Waals surface area (Å²) in [6.45, 7) is 6.92. The average molecular weight is 437 g/mol. The molecule has 4 N–H and O–H groups in total. The molecule has 0 spiro atoms. The van der Waals surface area contributed by atoms with Crippen molar-refractivity contribution in [2.45, 2.75) is 45.2 Å². The highest BCUT2D eigenvalue weighted by Crippen LogP contribution is 2.25. The number of benzene rings is 2. The number of nitrogens with zero attached hydrogens (tertiary/aromatic N) is 1. The molecule has 6 heteroatoms. The third kappa shape index (κ3) is 6.17. The topological polar surface area (TPSA) is 87.5 Å². The second-order valence-electron chi connectivity index (χ2n) is 9.06. The van der Waals surface area contributed by atoms with E-state index in [-0.39, 0.29) is 11.8 Å². The van der Waals surface area contributed by atoms with E-state index in [0.29, 0.717) is 51.5 Å². The van der Waals surface area contributed by atoms with Crippen molar-refractivity contribution in [3.63, 3.8) is 0 Å². The van der Waals surface area contributed by atoms with E-state index in [4.69, 9.17) is 5.73 Å². The zero-order chi connectivity index (χ0) is 23.0. The average Bonchev–Trinajstić information content (AvgIpc) is 2.81. The molecule has 0 bridgehead atoms. The van der Waals surface area contributed by atoms with Gasteiger partial charge in [-0.3, -0.25) is 9.59 Å². The molecule has 0 aromatic heterocycles. The highest BCUT2D eigenvalue weighted by Gasteiger charge is 2.41. The second kappa shape index (κ2) is 11.2. The minimum Gasteiger partial charge on any atom is -0.350 e. The highest BCUT2D eigenvalue weighted by atomic mass is 16.2. The molecule has 1 fully saturated rings. The van der Waals surface area contributed by atoms with Gasteiger partial charge in [0.2, 0.25) is 5.91 Å². The fourth-order valence-electron chi connectivity index (χ4n) is 4.32. The molecule has 2 aromatic carbocycles. The molecule has 0 unspecified atom stereocenters. The maximum Gasteiger partial charge on any atom is 0.253 e. The lowest BCUT2D eigenvalue weighted by atomic mass is 9.85. The van der Waals surface area contributed by atoms with Crippen LogP contribution in [0.25, 0.3) is 0 Å². The number of piperidine rings is 1. The summed E-state index contributed by atoms with van der Waals surface area (Å²) < 4.78 is 0. The summed E-state index contributed by atoms with van der Waals surface area (Å²) in [5.74, 6) is 0.549. The van der Waals surface area contributed by atoms with Gasteiger partial charge >= 0.3 is 0 Å². The molecule has 0 saturated carbocycles. The van der Waals surface area contributed by atoms with Crippen LogP contribution in [0.1, 0.15) is 48.2 Å². The first kappa shape index (κ1) is 24.0. The van der Waals surface area contributed by atoms with Crippen molar-refractivity contribution in [1.29, 1.82) is 0 Å². The fourth-order valence-corrected chi connectivity index (χ4v) is 4.32. The van der Waals surface area contributed by atoms with Gasteiger partial charge in [0, 0.05) is 38.3 Å². The van der Waals surface area contributed by atoms with Gasteiger partial charge in [-0.2, -0.15) is 0 Å². The summed E-state index contributed by atoms with van der Waals surface area (Å²) in [7, 11) is 0. The number of nitrogens with one attached hydrogen (secondary N) is 2. The number of hydrogen-bond acceptors (Lipinski definition) is 4. The fraction of sp³-hybridized carbons (Fsp3) is 0.462. The molecular formula is C26H36N4O2. The first-order chi connectivity index (χ1) is 15.4. The van der Waals surface area contributed by atoms with Gasteiger partial charge in [0.1, 0.15) is 5.54 Å². The van der Waals surface area contributed by atoms with Gasteiger partial charge in [-0.25, -0.2) is 0 Å². The zero-order valence-corrected chi connectivity index (χ0v) is 19.3. The molecule has 32 heavy (non-hydrogen) atoms. The molecule has 6 nitrogen and oxygen atoms in total. The van der Waals surface area contributed by atoms with Gasteiger partial charge in [-0.05, 0) is 48.4 Å². The number of carbonyl (C=O) groups excluding carboxylic acids is 2. The first-order valence-corrected chi connectivity index (χ1v) is 11.6. The SMILES string of the molecule is CC(C)Cc1cccc(C(=O)N2CCC(NCCN)(C(=O)NCc3ccccc3)CC2)c1. The molecule has 2 aromatic rings. The van der Waals surface area contributed by atoms with Crippen molar-refractivity contribution in [2.24, 2.45) is 11.7 Å². The predicted molar refractivity (Wildman–Crippen MR) is 128 cm³/mol. The van der Waals surface area contributed by atoms with E-state index >= 15 is 0 Å². The molecule has 2 amide bonds. The number of likely N-dealkylation sites (tertiary alicyclic amines) is 1. The van der Waals surface area contributed by atoms with Crippen LogP contribution in [0.4, 0.5) is 0 Å². The molecule has 172 valence electrons. The maximum absolute atomic E-state index is 13.2. The van der Waals surface area contributed by atoms with Gasteiger partial charge in [-0.15, -0.1) is 0 Å². The Kier molecular flexibility index (Phi) is 8.42. The van der Waals surface area contributed by atoms with E-state index in [1.807, 2.05) is 53.4 Å².